The number of hydrogen-bond donors (Lipinski definition) is 1. The van der Waals surface area contributed by atoms with E-state index in [9.17, 15) is 0 Å². The second-order valence-corrected chi connectivity index (χ2v) is 5.40. The Morgan fingerprint density at radius 1 is 1.28 bits per heavy atom. The van der Waals surface area contributed by atoms with Crippen molar-refractivity contribution in [3.8, 4) is 10.7 Å². The first-order valence-electron chi connectivity index (χ1n) is 6.51. The van der Waals surface area contributed by atoms with Crippen LogP contribution in [0.25, 0.3) is 10.7 Å². The Morgan fingerprint density at radius 2 is 2.17 bits per heavy atom. The molecule has 0 fully saturated rings. The summed E-state index contributed by atoms with van der Waals surface area (Å²) in [7, 11) is 0. The number of hydrogen-bond acceptors (Lipinski definition) is 4. The van der Waals surface area contributed by atoms with Gasteiger partial charge in [-0.25, -0.2) is 9.97 Å². The predicted molar refractivity (Wildman–Crippen MR) is 75.6 cm³/mol. The summed E-state index contributed by atoms with van der Waals surface area (Å²) in [6.07, 6.45) is 8.02. The van der Waals surface area contributed by atoms with E-state index in [4.69, 9.17) is 0 Å². The largest absolute Gasteiger partial charge is 0.329 e. The van der Waals surface area contributed by atoms with Crippen LogP contribution in [0.2, 0.25) is 0 Å². The van der Waals surface area contributed by atoms with E-state index in [0.717, 1.165) is 43.2 Å². The summed E-state index contributed by atoms with van der Waals surface area (Å²) in [4.78, 5) is 9.99. The van der Waals surface area contributed by atoms with Gasteiger partial charge in [0.15, 0.2) is 0 Å². The summed E-state index contributed by atoms with van der Waals surface area (Å²) in [6, 6.07) is 0. The average Bonchev–Trinajstić information content (AvgIpc) is 2.98. The van der Waals surface area contributed by atoms with E-state index in [2.05, 4.69) is 33.7 Å². The smallest absolute Gasteiger partial charge is 0.141 e. The molecule has 0 bridgehead atoms. The molecule has 0 aliphatic heterocycles. The fourth-order valence-electron chi connectivity index (χ4n) is 1.81. The zero-order valence-corrected chi connectivity index (χ0v) is 11.8. The Morgan fingerprint density at radius 3 is 2.94 bits per heavy atom. The van der Waals surface area contributed by atoms with Gasteiger partial charge in [0.1, 0.15) is 5.01 Å². The van der Waals surface area contributed by atoms with Crippen LogP contribution >= 0.6 is 11.3 Å². The van der Waals surface area contributed by atoms with E-state index in [1.807, 2.05) is 18.7 Å². The van der Waals surface area contributed by atoms with Crippen molar-refractivity contribution in [1.29, 1.82) is 0 Å². The van der Waals surface area contributed by atoms with Gasteiger partial charge in [-0.05, 0) is 19.4 Å². The summed E-state index contributed by atoms with van der Waals surface area (Å²) >= 11 is 1.75. The van der Waals surface area contributed by atoms with Gasteiger partial charge in [0.2, 0.25) is 0 Å². The summed E-state index contributed by atoms with van der Waals surface area (Å²) < 4.78 is 2.17. The molecule has 0 aliphatic carbocycles. The zero-order valence-electron chi connectivity index (χ0n) is 11.0. The molecule has 0 atom stereocenters. The Bertz CT molecular complexity index is 475. The van der Waals surface area contributed by atoms with Crippen molar-refractivity contribution in [2.75, 3.05) is 6.54 Å². The van der Waals surface area contributed by atoms with Gasteiger partial charge in [-0.1, -0.05) is 13.8 Å². The Hall–Kier alpha value is -1.20. The number of nitrogens with zero attached hydrogens (tertiary/aromatic N) is 3. The van der Waals surface area contributed by atoms with Crippen LogP contribution in [0.3, 0.4) is 0 Å². The van der Waals surface area contributed by atoms with Gasteiger partial charge in [0, 0.05) is 24.2 Å². The van der Waals surface area contributed by atoms with Gasteiger partial charge < -0.3 is 9.88 Å². The lowest BCUT2D eigenvalue weighted by Gasteiger charge is -2.03. The van der Waals surface area contributed by atoms with Crippen molar-refractivity contribution in [2.45, 2.75) is 39.8 Å². The third-order valence-electron chi connectivity index (χ3n) is 2.68. The molecule has 0 spiro atoms. The standard InChI is InChI=1S/C13H20N4S/c1-3-5-14-7-11-8-16-13(18-11)12-9-15-10-17(12)6-4-2/h8-10,14H,3-7H2,1-2H3. The summed E-state index contributed by atoms with van der Waals surface area (Å²) in [5.74, 6) is 0. The maximum Gasteiger partial charge on any atom is 0.141 e. The monoisotopic (exact) mass is 264 g/mol. The average molecular weight is 264 g/mol. The molecule has 0 aliphatic rings. The van der Waals surface area contributed by atoms with Gasteiger partial charge in [0.05, 0.1) is 18.2 Å². The lowest BCUT2D eigenvalue weighted by molar-refractivity contribution is 0.681. The molecule has 4 nitrogen and oxygen atoms in total. The molecule has 2 aromatic heterocycles. The van der Waals surface area contributed by atoms with Gasteiger partial charge in [-0.15, -0.1) is 11.3 Å². The highest BCUT2D eigenvalue weighted by atomic mass is 32.1. The molecule has 2 aromatic rings. The molecule has 5 heteroatoms. The van der Waals surface area contributed by atoms with Gasteiger partial charge in [-0.2, -0.15) is 0 Å². The summed E-state index contributed by atoms with van der Waals surface area (Å²) in [5.41, 5.74) is 1.13. The first-order chi connectivity index (χ1) is 8.85. The van der Waals surface area contributed by atoms with Crippen LogP contribution in [0.5, 0.6) is 0 Å². The van der Waals surface area contributed by atoms with Crippen LogP contribution < -0.4 is 5.32 Å². The molecule has 0 radical (unpaired) electrons. The summed E-state index contributed by atoms with van der Waals surface area (Å²) in [5, 5.41) is 4.46. The molecule has 18 heavy (non-hydrogen) atoms. The molecule has 2 rings (SSSR count). The minimum atomic E-state index is 0.910. The van der Waals surface area contributed by atoms with E-state index in [0.29, 0.717) is 0 Å². The number of nitrogens with one attached hydrogen (secondary N) is 1. The molecule has 0 amide bonds. The maximum absolute atomic E-state index is 4.50. The number of imidazole rings is 1. The van der Waals surface area contributed by atoms with Crippen LogP contribution in [0, 0.1) is 0 Å². The Kier molecular flexibility index (Phi) is 4.90. The molecule has 0 saturated carbocycles. The zero-order chi connectivity index (χ0) is 12.8. The maximum atomic E-state index is 4.50. The number of aryl methyl sites for hydroxylation is 1. The topological polar surface area (TPSA) is 42.7 Å². The van der Waals surface area contributed by atoms with Crippen molar-refractivity contribution in [1.82, 2.24) is 19.9 Å². The fraction of sp³-hybridized carbons (Fsp3) is 0.538. The predicted octanol–water partition coefficient (Wildman–Crippen LogP) is 2.92. The summed E-state index contributed by atoms with van der Waals surface area (Å²) in [6.45, 7) is 7.31. The highest BCUT2D eigenvalue weighted by Gasteiger charge is 2.09. The lowest BCUT2D eigenvalue weighted by Crippen LogP contribution is -2.12. The minimum absolute atomic E-state index is 0.910. The van der Waals surface area contributed by atoms with E-state index in [1.165, 1.54) is 4.88 Å². The molecular formula is C13H20N4S. The van der Waals surface area contributed by atoms with E-state index in [-0.39, 0.29) is 0 Å². The van der Waals surface area contributed by atoms with Crippen molar-refractivity contribution in [3.05, 3.63) is 23.6 Å². The minimum Gasteiger partial charge on any atom is -0.329 e. The third kappa shape index (κ3) is 3.17. The van der Waals surface area contributed by atoms with Crippen molar-refractivity contribution in [2.24, 2.45) is 0 Å². The highest BCUT2D eigenvalue weighted by molar-refractivity contribution is 7.15. The van der Waals surface area contributed by atoms with Crippen LogP contribution in [0.4, 0.5) is 0 Å². The van der Waals surface area contributed by atoms with Crippen molar-refractivity contribution in [3.63, 3.8) is 0 Å². The normalized spacial score (nSPS) is 11.0. The first kappa shape index (κ1) is 13.2. The quantitative estimate of drug-likeness (QED) is 0.782. The van der Waals surface area contributed by atoms with E-state index < -0.39 is 0 Å². The SMILES string of the molecule is CCCNCc1cnc(-c2cncn2CCC)s1. The van der Waals surface area contributed by atoms with Crippen molar-refractivity contribution >= 4 is 11.3 Å². The molecule has 0 aromatic carbocycles. The Labute approximate surface area is 112 Å². The van der Waals surface area contributed by atoms with Crippen LogP contribution in [-0.2, 0) is 13.1 Å². The molecular weight excluding hydrogens is 244 g/mol. The highest BCUT2D eigenvalue weighted by Crippen LogP contribution is 2.25. The molecule has 98 valence electrons. The third-order valence-corrected chi connectivity index (χ3v) is 3.70. The molecule has 0 saturated heterocycles. The molecule has 1 N–H and O–H groups in total. The number of aromatic nitrogens is 3. The fourth-order valence-corrected chi connectivity index (χ4v) is 2.72. The van der Waals surface area contributed by atoms with Crippen LogP contribution in [0.1, 0.15) is 31.6 Å². The van der Waals surface area contributed by atoms with E-state index >= 15 is 0 Å². The molecule has 0 unspecified atom stereocenters. The Balaban J connectivity index is 2.06. The van der Waals surface area contributed by atoms with E-state index in [1.54, 1.807) is 11.3 Å². The van der Waals surface area contributed by atoms with Gasteiger partial charge >= 0.3 is 0 Å². The van der Waals surface area contributed by atoms with Crippen LogP contribution in [0.15, 0.2) is 18.7 Å². The van der Waals surface area contributed by atoms with Gasteiger partial charge in [-0.3, -0.25) is 0 Å². The van der Waals surface area contributed by atoms with Gasteiger partial charge in [0.25, 0.3) is 0 Å². The second-order valence-electron chi connectivity index (χ2n) is 4.28. The van der Waals surface area contributed by atoms with Crippen molar-refractivity contribution < 1.29 is 0 Å². The number of thiazole rings is 1. The molecule has 2 heterocycles. The lowest BCUT2D eigenvalue weighted by atomic mass is 10.4. The second kappa shape index (κ2) is 6.66. The first-order valence-corrected chi connectivity index (χ1v) is 7.32. The van der Waals surface area contributed by atoms with Crippen LogP contribution in [-0.4, -0.2) is 21.1 Å². The number of rotatable bonds is 7.